The molecule has 1 amide bonds. The van der Waals surface area contributed by atoms with E-state index in [-0.39, 0.29) is 12.0 Å². The maximum atomic E-state index is 12.4. The van der Waals surface area contributed by atoms with Gasteiger partial charge in [0, 0.05) is 12.5 Å². The first-order valence-electron chi connectivity index (χ1n) is 13.8. The Bertz CT molecular complexity index is 861. The molecular weight excluding hydrogens is 450 g/mol. The highest BCUT2D eigenvalue weighted by Gasteiger charge is 2.60. The van der Waals surface area contributed by atoms with Crippen molar-refractivity contribution in [2.24, 2.45) is 46.3 Å². The minimum absolute atomic E-state index is 0.0894. The first-order chi connectivity index (χ1) is 15.8. The fourth-order valence-corrected chi connectivity index (χ4v) is 10.2. The number of aliphatic hydroxyl groups is 1. The molecule has 4 rings (SSSR count). The van der Waals surface area contributed by atoms with Gasteiger partial charge in [-0.3, -0.25) is 9.35 Å². The third-order valence-electron chi connectivity index (χ3n) is 11.1. The quantitative estimate of drug-likeness (QED) is 0.438. The first-order valence-corrected chi connectivity index (χ1v) is 15.4. The first kappa shape index (κ1) is 26.4. The molecule has 4 aliphatic carbocycles. The van der Waals surface area contributed by atoms with E-state index in [4.69, 9.17) is 4.55 Å². The lowest BCUT2D eigenvalue weighted by molar-refractivity contribution is -0.130. The number of hydrogen-bond donors (Lipinski definition) is 3. The van der Waals surface area contributed by atoms with Crippen molar-refractivity contribution in [3.8, 4) is 0 Å². The van der Waals surface area contributed by atoms with Crippen LogP contribution in [0.3, 0.4) is 0 Å². The Hall–Kier alpha value is -0.660. The molecule has 0 radical (unpaired) electrons. The van der Waals surface area contributed by atoms with E-state index < -0.39 is 21.9 Å². The standard InChI is InChI=1S/C27H47NO5S/c1-17(5-10-25(30)28-18(2)16-34(31,32)33)22-8-9-23-21-7-6-19-15-20(29)11-13-26(19,3)24(21)12-14-27(22,23)4/h17-24,29H,5-16H2,1-4H3,(H,28,30)(H,31,32,33)/t17-,18-,19-,20-,21+,22-,23+,24+,26+,27-/m1/s1. The molecule has 6 nitrogen and oxygen atoms in total. The van der Waals surface area contributed by atoms with Gasteiger partial charge >= 0.3 is 0 Å². The van der Waals surface area contributed by atoms with Crippen molar-refractivity contribution >= 4 is 16.0 Å². The Morgan fingerprint density at radius 1 is 1.00 bits per heavy atom. The number of nitrogens with one attached hydrogen (secondary N) is 1. The van der Waals surface area contributed by atoms with Gasteiger partial charge in [-0.1, -0.05) is 20.8 Å². The van der Waals surface area contributed by atoms with E-state index in [1.54, 1.807) is 6.92 Å². The summed E-state index contributed by atoms with van der Waals surface area (Å²) in [6.45, 7) is 8.99. The van der Waals surface area contributed by atoms with Crippen molar-refractivity contribution in [2.45, 2.75) is 110 Å². The summed E-state index contributed by atoms with van der Waals surface area (Å²) >= 11 is 0. The van der Waals surface area contributed by atoms with E-state index >= 15 is 0 Å². The minimum atomic E-state index is -4.09. The summed E-state index contributed by atoms with van der Waals surface area (Å²) in [6, 6.07) is -0.584. The molecule has 0 aliphatic heterocycles. The number of rotatable bonds is 7. The van der Waals surface area contributed by atoms with Crippen molar-refractivity contribution in [3.05, 3.63) is 0 Å². The molecule has 3 N–H and O–H groups in total. The molecule has 0 aromatic rings. The lowest BCUT2D eigenvalue weighted by atomic mass is 9.44. The summed E-state index contributed by atoms with van der Waals surface area (Å²) < 4.78 is 31.1. The molecule has 196 valence electrons. The molecule has 0 aromatic carbocycles. The fraction of sp³-hybridized carbons (Fsp3) is 0.963. The van der Waals surface area contributed by atoms with Gasteiger partial charge in [-0.15, -0.1) is 0 Å². The maximum Gasteiger partial charge on any atom is 0.266 e. The zero-order chi connectivity index (χ0) is 24.9. The van der Waals surface area contributed by atoms with Crippen LogP contribution in [0.25, 0.3) is 0 Å². The van der Waals surface area contributed by atoms with E-state index in [0.717, 1.165) is 37.0 Å². The van der Waals surface area contributed by atoms with Crippen molar-refractivity contribution in [2.75, 3.05) is 5.75 Å². The van der Waals surface area contributed by atoms with E-state index in [2.05, 4.69) is 26.1 Å². The minimum Gasteiger partial charge on any atom is -0.393 e. The highest BCUT2D eigenvalue weighted by Crippen LogP contribution is 2.68. The maximum absolute atomic E-state index is 12.4. The SMILES string of the molecule is C[C@H](CS(=O)(=O)O)NC(=O)CC[C@@H](C)[C@H]1CC[C@H]2[C@@H]3CC[C@@H]4C[C@H](O)CC[C@]4(C)[C@H]3CC[C@]12C. The van der Waals surface area contributed by atoms with Gasteiger partial charge in [0.15, 0.2) is 0 Å². The Kier molecular flexibility index (Phi) is 7.50. The number of amides is 1. The summed E-state index contributed by atoms with van der Waals surface area (Å²) in [5.74, 6) is 3.63. The molecule has 4 saturated carbocycles. The zero-order valence-corrected chi connectivity index (χ0v) is 22.4. The summed E-state index contributed by atoms with van der Waals surface area (Å²) in [5.41, 5.74) is 0.761. The normalized spacial score (nSPS) is 43.8. The number of aliphatic hydroxyl groups excluding tert-OH is 1. The molecule has 0 saturated heterocycles. The van der Waals surface area contributed by atoms with Crippen LogP contribution in [0.5, 0.6) is 0 Å². The Balaban J connectivity index is 1.36. The van der Waals surface area contributed by atoms with Crippen LogP contribution in [0.1, 0.15) is 98.3 Å². The van der Waals surface area contributed by atoms with Crippen molar-refractivity contribution in [1.29, 1.82) is 0 Å². The van der Waals surface area contributed by atoms with Crippen LogP contribution in [-0.4, -0.2) is 41.9 Å². The Morgan fingerprint density at radius 2 is 1.68 bits per heavy atom. The summed E-state index contributed by atoms with van der Waals surface area (Å²) in [6.07, 6.45) is 12.1. The van der Waals surface area contributed by atoms with Crippen molar-refractivity contribution in [1.82, 2.24) is 5.32 Å². The van der Waals surface area contributed by atoms with Gasteiger partial charge in [0.05, 0.1) is 11.9 Å². The second-order valence-corrected chi connectivity index (χ2v) is 14.5. The van der Waals surface area contributed by atoms with Gasteiger partial charge in [0.25, 0.3) is 10.1 Å². The van der Waals surface area contributed by atoms with E-state index in [0.29, 0.717) is 35.0 Å². The number of fused-ring (bicyclic) bond motifs is 5. The van der Waals surface area contributed by atoms with Crippen LogP contribution >= 0.6 is 0 Å². The van der Waals surface area contributed by atoms with Gasteiger partial charge in [-0.05, 0) is 117 Å². The largest absolute Gasteiger partial charge is 0.393 e. The molecule has 0 spiro atoms. The van der Waals surface area contributed by atoms with Crippen LogP contribution < -0.4 is 5.32 Å². The second kappa shape index (κ2) is 9.66. The second-order valence-electron chi connectivity index (χ2n) is 13.0. The third kappa shape index (κ3) is 5.08. The predicted octanol–water partition coefficient (Wildman–Crippen LogP) is 4.82. The van der Waals surface area contributed by atoms with Crippen LogP contribution in [0.2, 0.25) is 0 Å². The van der Waals surface area contributed by atoms with Crippen LogP contribution in [0.15, 0.2) is 0 Å². The van der Waals surface area contributed by atoms with Crippen molar-refractivity contribution in [3.63, 3.8) is 0 Å². The molecule has 34 heavy (non-hydrogen) atoms. The predicted molar refractivity (Wildman–Crippen MR) is 134 cm³/mol. The highest BCUT2D eigenvalue weighted by molar-refractivity contribution is 7.85. The Labute approximate surface area is 206 Å². The van der Waals surface area contributed by atoms with Crippen LogP contribution in [-0.2, 0) is 14.9 Å². The third-order valence-corrected chi connectivity index (χ3v) is 12.0. The lowest BCUT2D eigenvalue weighted by Crippen LogP contribution is -2.54. The van der Waals surface area contributed by atoms with Crippen LogP contribution in [0, 0.1) is 46.3 Å². The highest BCUT2D eigenvalue weighted by atomic mass is 32.2. The van der Waals surface area contributed by atoms with E-state index in [9.17, 15) is 18.3 Å². The van der Waals surface area contributed by atoms with Crippen LogP contribution in [0.4, 0.5) is 0 Å². The molecule has 4 aliphatic rings. The molecular formula is C27H47NO5S. The average molecular weight is 498 g/mol. The summed E-state index contributed by atoms with van der Waals surface area (Å²) in [7, 11) is -4.09. The van der Waals surface area contributed by atoms with Gasteiger partial charge < -0.3 is 10.4 Å². The number of carbonyl (C=O) groups excluding carboxylic acids is 1. The molecule has 0 bridgehead atoms. The van der Waals surface area contributed by atoms with Crippen molar-refractivity contribution < 1.29 is 22.9 Å². The topological polar surface area (TPSA) is 104 Å². The molecule has 7 heteroatoms. The molecule has 0 heterocycles. The fourth-order valence-electron chi connectivity index (χ4n) is 9.48. The lowest BCUT2D eigenvalue weighted by Gasteiger charge is -2.61. The summed E-state index contributed by atoms with van der Waals surface area (Å²) in [5, 5.41) is 13.0. The molecule has 0 unspecified atom stereocenters. The van der Waals surface area contributed by atoms with Gasteiger partial charge in [-0.2, -0.15) is 8.42 Å². The van der Waals surface area contributed by atoms with E-state index in [1.807, 2.05) is 0 Å². The zero-order valence-electron chi connectivity index (χ0n) is 21.6. The number of hydrogen-bond acceptors (Lipinski definition) is 4. The van der Waals surface area contributed by atoms with Gasteiger partial charge in [-0.25, -0.2) is 0 Å². The molecule has 4 fully saturated rings. The average Bonchev–Trinajstić information content (AvgIpc) is 3.08. The molecule has 10 atom stereocenters. The Morgan fingerprint density at radius 3 is 2.38 bits per heavy atom. The molecule has 0 aromatic heterocycles. The van der Waals surface area contributed by atoms with E-state index in [1.165, 1.54) is 44.9 Å². The number of carbonyl (C=O) groups is 1. The smallest absolute Gasteiger partial charge is 0.266 e. The monoisotopic (exact) mass is 497 g/mol. The van der Waals surface area contributed by atoms with Gasteiger partial charge in [0.1, 0.15) is 0 Å². The summed E-state index contributed by atoms with van der Waals surface area (Å²) in [4.78, 5) is 12.4. The van der Waals surface area contributed by atoms with Gasteiger partial charge in [0.2, 0.25) is 5.91 Å².